The zero-order valence-electron chi connectivity index (χ0n) is 20.2. The predicted octanol–water partition coefficient (Wildman–Crippen LogP) is 5.88. The lowest BCUT2D eigenvalue weighted by Gasteiger charge is -2.44. The van der Waals surface area contributed by atoms with Gasteiger partial charge < -0.3 is 10.4 Å². The van der Waals surface area contributed by atoms with Crippen molar-refractivity contribution in [1.82, 2.24) is 10.3 Å². The van der Waals surface area contributed by atoms with E-state index in [0.717, 1.165) is 38.0 Å². The lowest BCUT2D eigenvalue weighted by molar-refractivity contribution is 0.0466. The van der Waals surface area contributed by atoms with Crippen LogP contribution in [0, 0.1) is 0 Å². The van der Waals surface area contributed by atoms with Crippen molar-refractivity contribution in [3.8, 4) is 0 Å². The van der Waals surface area contributed by atoms with Gasteiger partial charge in [0.1, 0.15) is 0 Å². The van der Waals surface area contributed by atoms with Crippen LogP contribution in [0.4, 0.5) is 0 Å². The van der Waals surface area contributed by atoms with Crippen LogP contribution in [0.5, 0.6) is 0 Å². The largest absolute Gasteiger partial charge is 0.392 e. The van der Waals surface area contributed by atoms with Gasteiger partial charge in [0.25, 0.3) is 0 Å². The number of aromatic nitrogens is 1. The summed E-state index contributed by atoms with van der Waals surface area (Å²) in [6.45, 7) is 1.85. The summed E-state index contributed by atoms with van der Waals surface area (Å²) in [5.41, 5.74) is 3.98. The van der Waals surface area contributed by atoms with Crippen LogP contribution in [0.3, 0.4) is 0 Å². The first-order valence-electron chi connectivity index (χ1n) is 12.7. The van der Waals surface area contributed by atoms with Gasteiger partial charge in [-0.1, -0.05) is 97.1 Å². The average molecular weight is 463 g/mol. The van der Waals surface area contributed by atoms with E-state index in [1.165, 1.54) is 16.7 Å². The number of hydrogen-bond donors (Lipinski definition) is 2. The van der Waals surface area contributed by atoms with Gasteiger partial charge in [0.05, 0.1) is 17.2 Å². The van der Waals surface area contributed by atoms with Crippen LogP contribution in [-0.4, -0.2) is 29.3 Å². The van der Waals surface area contributed by atoms with Crippen molar-refractivity contribution < 1.29 is 5.11 Å². The molecule has 1 aliphatic heterocycles. The molecule has 3 heteroatoms. The maximum absolute atomic E-state index is 11.9. The van der Waals surface area contributed by atoms with Crippen LogP contribution < -0.4 is 5.32 Å². The van der Waals surface area contributed by atoms with E-state index in [2.05, 4.69) is 108 Å². The fraction of sp³-hybridized carbons (Fsp3) is 0.281. The lowest BCUT2D eigenvalue weighted by atomic mass is 9.64. The molecule has 0 saturated carbocycles. The maximum Gasteiger partial charge on any atom is 0.0638 e. The molecule has 1 saturated heterocycles. The van der Waals surface area contributed by atoms with Crippen molar-refractivity contribution in [1.29, 1.82) is 0 Å². The Morgan fingerprint density at radius 1 is 0.743 bits per heavy atom. The highest BCUT2D eigenvalue weighted by atomic mass is 16.3. The SMILES string of the molecule is OC(CCC(c1ccccc1)(c1ccccc1)c1ccccn1)C1(c2ccccc2)CCNCC1. The molecule has 35 heavy (non-hydrogen) atoms. The molecule has 5 rings (SSSR count). The van der Waals surface area contributed by atoms with Crippen molar-refractivity contribution in [2.24, 2.45) is 0 Å². The molecule has 0 spiro atoms. The minimum atomic E-state index is -0.456. The quantitative estimate of drug-likeness (QED) is 0.344. The summed E-state index contributed by atoms with van der Waals surface area (Å²) in [7, 11) is 0. The van der Waals surface area contributed by atoms with E-state index in [4.69, 9.17) is 4.98 Å². The molecule has 0 aliphatic carbocycles. The third-order valence-electron chi connectivity index (χ3n) is 7.91. The number of nitrogens with zero attached hydrogens (tertiary/aromatic N) is 1. The number of benzene rings is 3. The first kappa shape index (κ1) is 23.5. The second-order valence-corrected chi connectivity index (χ2v) is 9.68. The first-order valence-corrected chi connectivity index (χ1v) is 12.7. The second-order valence-electron chi connectivity index (χ2n) is 9.68. The summed E-state index contributed by atoms with van der Waals surface area (Å²) in [5.74, 6) is 0. The number of pyridine rings is 1. The Kier molecular flexibility index (Phi) is 7.08. The fourth-order valence-corrected chi connectivity index (χ4v) is 6.03. The van der Waals surface area contributed by atoms with Gasteiger partial charge in [-0.15, -0.1) is 0 Å². The monoisotopic (exact) mass is 462 g/mol. The van der Waals surface area contributed by atoms with E-state index in [0.29, 0.717) is 6.42 Å². The van der Waals surface area contributed by atoms with Crippen molar-refractivity contribution in [3.63, 3.8) is 0 Å². The summed E-state index contributed by atoms with van der Waals surface area (Å²) >= 11 is 0. The minimum Gasteiger partial charge on any atom is -0.392 e. The predicted molar refractivity (Wildman–Crippen MR) is 142 cm³/mol. The van der Waals surface area contributed by atoms with Gasteiger partial charge in [-0.2, -0.15) is 0 Å². The first-order chi connectivity index (χ1) is 17.3. The van der Waals surface area contributed by atoms with Gasteiger partial charge in [0.15, 0.2) is 0 Å². The molecule has 3 aromatic carbocycles. The number of aliphatic hydroxyl groups is 1. The molecule has 4 aromatic rings. The Balaban J connectivity index is 1.58. The van der Waals surface area contributed by atoms with E-state index < -0.39 is 11.5 Å². The molecule has 0 amide bonds. The van der Waals surface area contributed by atoms with Gasteiger partial charge in [-0.05, 0) is 67.6 Å². The topological polar surface area (TPSA) is 45.2 Å². The fourth-order valence-electron chi connectivity index (χ4n) is 6.03. The van der Waals surface area contributed by atoms with E-state index in [1.54, 1.807) is 0 Å². The van der Waals surface area contributed by atoms with E-state index >= 15 is 0 Å². The van der Waals surface area contributed by atoms with Gasteiger partial charge in [-0.25, -0.2) is 0 Å². The summed E-state index contributed by atoms with van der Waals surface area (Å²) in [6.07, 6.45) is 4.74. The normalized spacial score (nSPS) is 16.5. The maximum atomic E-state index is 11.9. The van der Waals surface area contributed by atoms with Crippen LogP contribution in [0.2, 0.25) is 0 Å². The molecule has 1 aliphatic rings. The highest BCUT2D eigenvalue weighted by Crippen LogP contribution is 2.45. The highest BCUT2D eigenvalue weighted by Gasteiger charge is 2.43. The van der Waals surface area contributed by atoms with E-state index in [-0.39, 0.29) is 5.41 Å². The van der Waals surface area contributed by atoms with Crippen molar-refractivity contribution in [2.75, 3.05) is 13.1 Å². The molecule has 0 bridgehead atoms. The number of rotatable bonds is 8. The second kappa shape index (κ2) is 10.6. The Hall–Kier alpha value is -3.27. The number of hydrogen-bond acceptors (Lipinski definition) is 3. The molecule has 1 fully saturated rings. The van der Waals surface area contributed by atoms with Crippen LogP contribution >= 0.6 is 0 Å². The Bertz CT molecular complexity index is 1080. The molecule has 0 radical (unpaired) electrons. The van der Waals surface area contributed by atoms with Crippen LogP contribution in [0.1, 0.15) is 48.1 Å². The summed E-state index contributed by atoms with van der Waals surface area (Å²) in [6, 6.07) is 38.1. The Morgan fingerprint density at radius 2 is 1.29 bits per heavy atom. The third kappa shape index (κ3) is 4.54. The molecule has 2 heterocycles. The molecule has 2 N–H and O–H groups in total. The van der Waals surface area contributed by atoms with Crippen molar-refractivity contribution >= 4 is 0 Å². The average Bonchev–Trinajstić information content (AvgIpc) is 2.96. The lowest BCUT2D eigenvalue weighted by Crippen LogP contribution is -2.48. The zero-order chi connectivity index (χ0) is 24.0. The van der Waals surface area contributed by atoms with Crippen molar-refractivity contribution in [2.45, 2.75) is 42.6 Å². The number of nitrogens with one attached hydrogen (secondary N) is 1. The number of piperidine rings is 1. The smallest absolute Gasteiger partial charge is 0.0638 e. The molecule has 1 unspecified atom stereocenters. The molecule has 3 nitrogen and oxygen atoms in total. The van der Waals surface area contributed by atoms with Crippen LogP contribution in [0.25, 0.3) is 0 Å². The molecule has 1 atom stereocenters. The van der Waals surface area contributed by atoms with Crippen LogP contribution in [0.15, 0.2) is 115 Å². The Morgan fingerprint density at radius 3 is 1.83 bits per heavy atom. The summed E-state index contributed by atoms with van der Waals surface area (Å²) < 4.78 is 0. The van der Waals surface area contributed by atoms with Crippen molar-refractivity contribution in [3.05, 3.63) is 138 Å². The van der Waals surface area contributed by atoms with Gasteiger partial charge in [0, 0.05) is 11.6 Å². The molecular formula is C32H34N2O. The zero-order valence-corrected chi connectivity index (χ0v) is 20.2. The molecular weight excluding hydrogens is 428 g/mol. The Labute approximate surface area is 208 Å². The van der Waals surface area contributed by atoms with E-state index in [1.807, 2.05) is 12.3 Å². The standard InChI is InChI=1S/C32H34N2O/c35-30(31(21-24-33-25-22-31)26-12-4-1-5-13-26)19-20-32(27-14-6-2-7-15-27,28-16-8-3-9-17-28)29-18-10-11-23-34-29/h1-18,23,30,33,35H,19-22,24-25H2. The summed E-state index contributed by atoms with van der Waals surface area (Å²) in [4.78, 5) is 4.88. The van der Waals surface area contributed by atoms with Gasteiger partial charge >= 0.3 is 0 Å². The van der Waals surface area contributed by atoms with E-state index in [9.17, 15) is 5.11 Å². The highest BCUT2D eigenvalue weighted by molar-refractivity contribution is 5.48. The van der Waals surface area contributed by atoms with Gasteiger partial charge in [0.2, 0.25) is 0 Å². The molecule has 178 valence electrons. The third-order valence-corrected chi connectivity index (χ3v) is 7.91. The molecule has 1 aromatic heterocycles. The van der Waals surface area contributed by atoms with Gasteiger partial charge in [-0.3, -0.25) is 4.98 Å². The van der Waals surface area contributed by atoms with Crippen LogP contribution in [-0.2, 0) is 10.8 Å². The number of aliphatic hydroxyl groups excluding tert-OH is 1. The summed E-state index contributed by atoms with van der Waals surface area (Å²) in [5, 5.41) is 15.4. The minimum absolute atomic E-state index is 0.240.